The van der Waals surface area contributed by atoms with Crippen LogP contribution in [0.3, 0.4) is 0 Å². The SMILES string of the molecule is CCc1ccc2nc(NS(=O)(=O)c3cc(OC)ccc3OC)sc2c1. The van der Waals surface area contributed by atoms with Crippen LogP contribution in [0.25, 0.3) is 10.2 Å². The van der Waals surface area contributed by atoms with Crippen molar-refractivity contribution in [3.05, 3.63) is 42.0 Å². The second-order valence-corrected chi connectivity index (χ2v) is 7.98. The Balaban J connectivity index is 1.99. The number of hydrogen-bond donors (Lipinski definition) is 1. The van der Waals surface area contributed by atoms with Gasteiger partial charge in [-0.2, -0.15) is 0 Å². The summed E-state index contributed by atoms with van der Waals surface area (Å²) < 4.78 is 39.3. The largest absolute Gasteiger partial charge is 0.497 e. The number of rotatable bonds is 6. The van der Waals surface area contributed by atoms with Gasteiger partial charge in [0.1, 0.15) is 16.4 Å². The highest BCUT2D eigenvalue weighted by Crippen LogP contribution is 2.32. The van der Waals surface area contributed by atoms with Crippen LogP contribution in [0, 0.1) is 0 Å². The summed E-state index contributed by atoms with van der Waals surface area (Å²) in [4.78, 5) is 4.36. The second kappa shape index (κ2) is 6.89. The Kier molecular flexibility index (Phi) is 4.82. The molecule has 6 nitrogen and oxygen atoms in total. The van der Waals surface area contributed by atoms with Crippen molar-refractivity contribution in [1.82, 2.24) is 4.98 Å². The molecular formula is C17H18N2O4S2. The maximum Gasteiger partial charge on any atom is 0.267 e. The number of aromatic nitrogens is 1. The maximum absolute atomic E-state index is 12.8. The lowest BCUT2D eigenvalue weighted by Crippen LogP contribution is -2.14. The van der Waals surface area contributed by atoms with Gasteiger partial charge in [0.2, 0.25) is 0 Å². The van der Waals surface area contributed by atoms with E-state index in [9.17, 15) is 8.42 Å². The predicted molar refractivity (Wildman–Crippen MR) is 99.4 cm³/mol. The van der Waals surface area contributed by atoms with Gasteiger partial charge in [0.25, 0.3) is 10.0 Å². The van der Waals surface area contributed by atoms with Gasteiger partial charge >= 0.3 is 0 Å². The normalized spacial score (nSPS) is 11.5. The van der Waals surface area contributed by atoms with Crippen LogP contribution in [0.15, 0.2) is 41.3 Å². The van der Waals surface area contributed by atoms with Gasteiger partial charge < -0.3 is 9.47 Å². The summed E-state index contributed by atoms with van der Waals surface area (Å²) in [5.74, 6) is 0.667. The van der Waals surface area contributed by atoms with Crippen molar-refractivity contribution in [1.29, 1.82) is 0 Å². The number of nitrogens with zero attached hydrogens (tertiary/aromatic N) is 1. The van der Waals surface area contributed by atoms with Gasteiger partial charge in [-0.05, 0) is 36.2 Å². The lowest BCUT2D eigenvalue weighted by Gasteiger charge is -2.11. The molecule has 3 rings (SSSR count). The zero-order chi connectivity index (χ0) is 18.0. The smallest absolute Gasteiger partial charge is 0.267 e. The Morgan fingerprint density at radius 1 is 1.12 bits per heavy atom. The summed E-state index contributed by atoms with van der Waals surface area (Å²) in [6.45, 7) is 2.07. The minimum absolute atomic E-state index is 0.00264. The van der Waals surface area contributed by atoms with Gasteiger partial charge in [-0.25, -0.2) is 13.4 Å². The first-order valence-corrected chi connectivity index (χ1v) is 9.91. The molecule has 1 N–H and O–H groups in total. The van der Waals surface area contributed by atoms with Gasteiger partial charge in [0.05, 0.1) is 24.4 Å². The third-order valence-electron chi connectivity index (χ3n) is 3.74. The van der Waals surface area contributed by atoms with Crippen LogP contribution in [-0.2, 0) is 16.4 Å². The number of anilines is 1. The number of aryl methyl sites for hydroxylation is 1. The molecule has 0 saturated heterocycles. The molecule has 0 radical (unpaired) electrons. The summed E-state index contributed by atoms with van der Waals surface area (Å²) in [6.07, 6.45) is 0.913. The first-order valence-electron chi connectivity index (χ1n) is 7.61. The quantitative estimate of drug-likeness (QED) is 0.708. The summed E-state index contributed by atoms with van der Waals surface area (Å²) in [5, 5.41) is 0.313. The Morgan fingerprint density at radius 3 is 2.60 bits per heavy atom. The summed E-state index contributed by atoms with van der Waals surface area (Å²) in [6, 6.07) is 10.5. The minimum Gasteiger partial charge on any atom is -0.497 e. The molecular weight excluding hydrogens is 360 g/mol. The molecule has 0 unspecified atom stereocenters. The molecule has 0 saturated carbocycles. The fourth-order valence-electron chi connectivity index (χ4n) is 2.40. The standard InChI is InChI=1S/C17H18N2O4S2/c1-4-11-5-7-13-15(9-11)24-17(18-13)19-25(20,21)16-10-12(22-2)6-8-14(16)23-3/h5-10H,4H2,1-3H3,(H,18,19). The number of fused-ring (bicyclic) bond motifs is 1. The highest BCUT2D eigenvalue weighted by molar-refractivity contribution is 7.93. The van der Waals surface area contributed by atoms with E-state index in [0.717, 1.165) is 16.6 Å². The fraction of sp³-hybridized carbons (Fsp3) is 0.235. The van der Waals surface area contributed by atoms with Gasteiger partial charge in [-0.1, -0.05) is 24.3 Å². The van der Waals surface area contributed by atoms with Crippen molar-refractivity contribution in [2.24, 2.45) is 0 Å². The number of methoxy groups -OCH3 is 2. The highest BCUT2D eigenvalue weighted by atomic mass is 32.2. The molecule has 8 heteroatoms. The monoisotopic (exact) mass is 378 g/mol. The highest BCUT2D eigenvalue weighted by Gasteiger charge is 2.22. The van der Waals surface area contributed by atoms with Crippen LogP contribution >= 0.6 is 11.3 Å². The Morgan fingerprint density at radius 2 is 1.92 bits per heavy atom. The van der Waals surface area contributed by atoms with E-state index >= 15 is 0 Å². The first-order chi connectivity index (χ1) is 12.0. The molecule has 1 heterocycles. The lowest BCUT2D eigenvalue weighted by atomic mass is 10.2. The number of thiazole rings is 1. The van der Waals surface area contributed by atoms with E-state index in [0.29, 0.717) is 10.9 Å². The van der Waals surface area contributed by atoms with Gasteiger partial charge in [-0.15, -0.1) is 0 Å². The van der Waals surface area contributed by atoms with Gasteiger partial charge in [0, 0.05) is 6.07 Å². The Bertz CT molecular complexity index is 1010. The van der Waals surface area contributed by atoms with Crippen LogP contribution in [0.2, 0.25) is 0 Å². The van der Waals surface area contributed by atoms with Crippen LogP contribution < -0.4 is 14.2 Å². The Hall–Kier alpha value is -2.32. The predicted octanol–water partition coefficient (Wildman–Crippen LogP) is 3.68. The molecule has 25 heavy (non-hydrogen) atoms. The van der Waals surface area contributed by atoms with Crippen molar-refractivity contribution in [2.75, 3.05) is 18.9 Å². The van der Waals surface area contributed by atoms with Crippen LogP contribution in [0.1, 0.15) is 12.5 Å². The molecule has 3 aromatic rings. The fourth-order valence-corrected chi connectivity index (χ4v) is 4.75. The van der Waals surface area contributed by atoms with Gasteiger partial charge in [0.15, 0.2) is 5.13 Å². The Labute approximate surface area is 150 Å². The maximum atomic E-state index is 12.8. The molecule has 0 amide bonds. The van der Waals surface area contributed by atoms with E-state index in [2.05, 4.69) is 16.6 Å². The first kappa shape index (κ1) is 17.5. The molecule has 0 bridgehead atoms. The molecule has 0 aliphatic heterocycles. The van der Waals surface area contributed by atoms with E-state index in [1.165, 1.54) is 37.2 Å². The molecule has 1 aromatic heterocycles. The third-order valence-corrected chi connectivity index (χ3v) is 6.17. The zero-order valence-electron chi connectivity index (χ0n) is 14.1. The van der Waals surface area contributed by atoms with Crippen LogP contribution in [0.4, 0.5) is 5.13 Å². The number of hydrogen-bond acceptors (Lipinski definition) is 6. The van der Waals surface area contributed by atoms with Crippen molar-refractivity contribution >= 4 is 36.7 Å². The van der Waals surface area contributed by atoms with Crippen molar-refractivity contribution < 1.29 is 17.9 Å². The summed E-state index contributed by atoms with van der Waals surface area (Å²) in [7, 11) is -0.961. The molecule has 2 aromatic carbocycles. The third kappa shape index (κ3) is 3.54. The number of nitrogens with one attached hydrogen (secondary N) is 1. The van der Waals surface area contributed by atoms with E-state index < -0.39 is 10.0 Å². The molecule has 0 atom stereocenters. The van der Waals surface area contributed by atoms with Crippen LogP contribution in [-0.4, -0.2) is 27.6 Å². The molecule has 132 valence electrons. The molecule has 0 spiro atoms. The molecule has 0 aliphatic carbocycles. The van der Waals surface area contributed by atoms with E-state index in [4.69, 9.17) is 9.47 Å². The molecule has 0 aliphatic rings. The average Bonchev–Trinajstić information content (AvgIpc) is 3.01. The van der Waals surface area contributed by atoms with Crippen LogP contribution in [0.5, 0.6) is 11.5 Å². The van der Waals surface area contributed by atoms with Crippen molar-refractivity contribution in [3.63, 3.8) is 0 Å². The van der Waals surface area contributed by atoms with E-state index in [1.807, 2.05) is 18.2 Å². The van der Waals surface area contributed by atoms with Crippen molar-refractivity contribution in [2.45, 2.75) is 18.2 Å². The zero-order valence-corrected chi connectivity index (χ0v) is 15.7. The summed E-state index contributed by atoms with van der Waals surface area (Å²) in [5.41, 5.74) is 1.94. The van der Waals surface area contributed by atoms with E-state index in [-0.39, 0.29) is 10.6 Å². The number of sulfonamides is 1. The topological polar surface area (TPSA) is 77.5 Å². The van der Waals surface area contributed by atoms with Gasteiger partial charge in [-0.3, -0.25) is 4.72 Å². The summed E-state index contributed by atoms with van der Waals surface area (Å²) >= 11 is 1.30. The number of ether oxygens (including phenoxy) is 2. The number of benzene rings is 2. The van der Waals surface area contributed by atoms with Crippen molar-refractivity contribution in [3.8, 4) is 11.5 Å². The lowest BCUT2D eigenvalue weighted by molar-refractivity contribution is 0.392. The second-order valence-electron chi connectivity index (χ2n) is 5.30. The molecule has 0 fully saturated rings. The van der Waals surface area contributed by atoms with E-state index in [1.54, 1.807) is 12.1 Å². The minimum atomic E-state index is -3.86. The average molecular weight is 378 g/mol.